The van der Waals surface area contributed by atoms with E-state index in [1.165, 1.54) is 6.07 Å². The minimum atomic E-state index is -4.45. The normalized spacial score (nSPS) is 29.9. The fraction of sp³-hybridized carbons (Fsp3) is 0.700. The standard InChI is InChI=1S/C20H25F3N2O3/c1-18(27)8-13(9-18)17(26)25-11-19(12-25)6-4-14(5-7-19)28-15-2-3-16(24-10-15)20(21,22)23/h2-3,10,13-14,27H,4-9,11-12H2,1H3/t13-,18+. The highest BCUT2D eigenvalue weighted by atomic mass is 19.4. The highest BCUT2D eigenvalue weighted by Crippen LogP contribution is 2.47. The molecule has 2 heterocycles. The van der Waals surface area contributed by atoms with Gasteiger partial charge in [0.1, 0.15) is 11.4 Å². The Morgan fingerprint density at radius 3 is 2.39 bits per heavy atom. The summed E-state index contributed by atoms with van der Waals surface area (Å²) >= 11 is 0. The molecule has 8 heteroatoms. The molecule has 0 atom stereocenters. The summed E-state index contributed by atoms with van der Waals surface area (Å²) in [6.07, 6.45) is 1.27. The van der Waals surface area contributed by atoms with E-state index in [0.29, 0.717) is 18.6 Å². The molecular formula is C20H25F3N2O3. The Bertz CT molecular complexity index is 724. The number of ether oxygens (including phenoxy) is 1. The van der Waals surface area contributed by atoms with Gasteiger partial charge in [-0.3, -0.25) is 4.79 Å². The molecule has 2 saturated carbocycles. The van der Waals surface area contributed by atoms with Crippen LogP contribution in [-0.4, -0.2) is 45.7 Å². The number of likely N-dealkylation sites (tertiary alicyclic amines) is 1. The van der Waals surface area contributed by atoms with Crippen LogP contribution in [0, 0.1) is 11.3 Å². The van der Waals surface area contributed by atoms with Crippen molar-refractivity contribution in [3.8, 4) is 5.75 Å². The molecule has 1 amide bonds. The van der Waals surface area contributed by atoms with Gasteiger partial charge in [-0.25, -0.2) is 4.98 Å². The number of carbonyl (C=O) groups excluding carboxylic acids is 1. The van der Waals surface area contributed by atoms with E-state index in [1.54, 1.807) is 6.92 Å². The van der Waals surface area contributed by atoms with Gasteiger partial charge in [0.15, 0.2) is 0 Å². The van der Waals surface area contributed by atoms with Crippen LogP contribution in [0.1, 0.15) is 51.1 Å². The van der Waals surface area contributed by atoms with Gasteiger partial charge in [0.25, 0.3) is 0 Å². The third-order valence-corrected chi connectivity index (χ3v) is 6.41. The number of pyridine rings is 1. The average molecular weight is 398 g/mol. The highest BCUT2D eigenvalue weighted by molar-refractivity contribution is 5.81. The fourth-order valence-corrected chi connectivity index (χ4v) is 4.80. The molecule has 3 fully saturated rings. The molecular weight excluding hydrogens is 373 g/mol. The lowest BCUT2D eigenvalue weighted by Gasteiger charge is -2.55. The van der Waals surface area contributed by atoms with E-state index in [2.05, 4.69) is 4.98 Å². The average Bonchev–Trinajstić information content (AvgIpc) is 2.57. The molecule has 1 N–H and O–H groups in total. The zero-order chi connectivity index (χ0) is 20.2. The predicted octanol–water partition coefficient (Wildman–Crippen LogP) is 3.41. The molecule has 1 spiro atoms. The van der Waals surface area contributed by atoms with Gasteiger partial charge >= 0.3 is 6.18 Å². The van der Waals surface area contributed by atoms with E-state index in [0.717, 1.165) is 51.0 Å². The van der Waals surface area contributed by atoms with Crippen molar-refractivity contribution in [3.63, 3.8) is 0 Å². The van der Waals surface area contributed by atoms with E-state index < -0.39 is 17.5 Å². The molecule has 0 radical (unpaired) electrons. The van der Waals surface area contributed by atoms with Gasteiger partial charge in [0, 0.05) is 24.4 Å². The zero-order valence-electron chi connectivity index (χ0n) is 15.8. The van der Waals surface area contributed by atoms with Crippen LogP contribution in [0.5, 0.6) is 5.75 Å². The number of rotatable bonds is 3. The summed E-state index contributed by atoms with van der Waals surface area (Å²) in [7, 11) is 0. The molecule has 1 aromatic rings. The van der Waals surface area contributed by atoms with Gasteiger partial charge in [-0.05, 0) is 57.6 Å². The van der Waals surface area contributed by atoms with Crippen LogP contribution in [0.3, 0.4) is 0 Å². The first-order valence-electron chi connectivity index (χ1n) is 9.76. The van der Waals surface area contributed by atoms with Crippen molar-refractivity contribution in [2.45, 2.75) is 63.3 Å². The number of alkyl halides is 3. The van der Waals surface area contributed by atoms with Crippen LogP contribution in [0.4, 0.5) is 13.2 Å². The topological polar surface area (TPSA) is 62.7 Å². The summed E-state index contributed by atoms with van der Waals surface area (Å²) in [5.41, 5.74) is -1.46. The summed E-state index contributed by atoms with van der Waals surface area (Å²) < 4.78 is 43.5. The monoisotopic (exact) mass is 398 g/mol. The predicted molar refractivity (Wildman–Crippen MR) is 94.5 cm³/mol. The number of nitrogens with zero attached hydrogens (tertiary/aromatic N) is 2. The Labute approximate surface area is 161 Å². The first-order chi connectivity index (χ1) is 13.1. The van der Waals surface area contributed by atoms with Crippen molar-refractivity contribution in [1.29, 1.82) is 0 Å². The number of aromatic nitrogens is 1. The summed E-state index contributed by atoms with van der Waals surface area (Å²) in [6.45, 7) is 3.29. The third kappa shape index (κ3) is 3.83. The molecule has 3 aliphatic rings. The van der Waals surface area contributed by atoms with Crippen molar-refractivity contribution in [2.75, 3.05) is 13.1 Å². The van der Waals surface area contributed by atoms with Crippen molar-refractivity contribution in [3.05, 3.63) is 24.0 Å². The lowest BCUT2D eigenvalue weighted by Crippen LogP contribution is -2.63. The van der Waals surface area contributed by atoms with Gasteiger partial charge in [0.05, 0.1) is 17.9 Å². The Kier molecular flexibility index (Phi) is 4.60. The second-order valence-electron chi connectivity index (χ2n) is 8.99. The fourth-order valence-electron chi connectivity index (χ4n) is 4.80. The van der Waals surface area contributed by atoms with Crippen LogP contribution in [0.2, 0.25) is 0 Å². The number of aliphatic hydroxyl groups is 1. The molecule has 2 aliphatic carbocycles. The SMILES string of the molecule is C[C@]1(O)C[C@@H](C(=O)N2CC3(CCC(Oc4ccc(C(F)(F)F)nc4)CC3)C2)C1. The van der Waals surface area contributed by atoms with Crippen molar-refractivity contribution >= 4 is 5.91 Å². The smallest absolute Gasteiger partial charge is 0.433 e. The largest absolute Gasteiger partial charge is 0.489 e. The van der Waals surface area contributed by atoms with Gasteiger partial charge in [-0.2, -0.15) is 13.2 Å². The Balaban J connectivity index is 1.23. The van der Waals surface area contributed by atoms with E-state index in [9.17, 15) is 23.1 Å². The summed E-state index contributed by atoms with van der Waals surface area (Å²) in [4.78, 5) is 17.8. The first kappa shape index (κ1) is 19.5. The number of hydrogen-bond acceptors (Lipinski definition) is 4. The number of halogens is 3. The third-order valence-electron chi connectivity index (χ3n) is 6.41. The minimum absolute atomic E-state index is 0.0318. The van der Waals surface area contributed by atoms with E-state index in [4.69, 9.17) is 4.74 Å². The molecule has 1 aromatic heterocycles. The van der Waals surface area contributed by atoms with Crippen LogP contribution in [-0.2, 0) is 11.0 Å². The van der Waals surface area contributed by atoms with E-state index in [-0.39, 0.29) is 23.3 Å². The second-order valence-corrected chi connectivity index (χ2v) is 8.99. The maximum atomic E-state index is 12.6. The quantitative estimate of drug-likeness (QED) is 0.848. The van der Waals surface area contributed by atoms with Crippen molar-refractivity contribution in [1.82, 2.24) is 9.88 Å². The van der Waals surface area contributed by atoms with E-state index >= 15 is 0 Å². The summed E-state index contributed by atoms with van der Waals surface area (Å²) in [6, 6.07) is 2.25. The molecule has 154 valence electrons. The molecule has 0 aromatic carbocycles. The van der Waals surface area contributed by atoms with Crippen molar-refractivity contribution < 1.29 is 27.8 Å². The highest BCUT2D eigenvalue weighted by Gasteiger charge is 2.51. The maximum absolute atomic E-state index is 12.6. The zero-order valence-corrected chi connectivity index (χ0v) is 15.8. The summed E-state index contributed by atoms with van der Waals surface area (Å²) in [5.74, 6) is 0.474. The summed E-state index contributed by atoms with van der Waals surface area (Å²) in [5, 5.41) is 9.81. The number of amides is 1. The van der Waals surface area contributed by atoms with Gasteiger partial charge in [0.2, 0.25) is 5.91 Å². The van der Waals surface area contributed by atoms with Gasteiger partial charge in [-0.1, -0.05) is 0 Å². The van der Waals surface area contributed by atoms with Crippen LogP contribution >= 0.6 is 0 Å². The Morgan fingerprint density at radius 2 is 1.89 bits per heavy atom. The van der Waals surface area contributed by atoms with Crippen LogP contribution in [0.25, 0.3) is 0 Å². The first-order valence-corrected chi connectivity index (χ1v) is 9.76. The molecule has 0 unspecified atom stereocenters. The van der Waals surface area contributed by atoms with Crippen LogP contribution < -0.4 is 4.74 Å². The van der Waals surface area contributed by atoms with Crippen molar-refractivity contribution in [2.24, 2.45) is 11.3 Å². The van der Waals surface area contributed by atoms with E-state index in [1.807, 2.05) is 4.90 Å². The second kappa shape index (κ2) is 6.61. The van der Waals surface area contributed by atoms with Gasteiger partial charge < -0.3 is 14.7 Å². The van der Waals surface area contributed by atoms with Gasteiger partial charge in [-0.15, -0.1) is 0 Å². The minimum Gasteiger partial charge on any atom is -0.489 e. The Morgan fingerprint density at radius 1 is 1.25 bits per heavy atom. The molecule has 0 bridgehead atoms. The molecule has 1 saturated heterocycles. The lowest BCUT2D eigenvalue weighted by molar-refractivity contribution is -0.164. The molecule has 1 aliphatic heterocycles. The Hall–Kier alpha value is -1.83. The van der Waals surface area contributed by atoms with Crippen LogP contribution in [0.15, 0.2) is 18.3 Å². The molecule has 4 rings (SSSR count). The maximum Gasteiger partial charge on any atom is 0.433 e. The lowest BCUT2D eigenvalue weighted by atomic mass is 9.66. The molecule has 5 nitrogen and oxygen atoms in total. The number of carbonyl (C=O) groups is 1. The molecule has 28 heavy (non-hydrogen) atoms. The number of hydrogen-bond donors (Lipinski definition) is 1.